The fraction of sp³-hybridized carbons (Fsp3) is 0.300. The zero-order chi connectivity index (χ0) is 18.9. The lowest BCUT2D eigenvalue weighted by Crippen LogP contribution is -2.44. The second kappa shape index (κ2) is 7.25. The normalized spacial score (nSPS) is 18.5. The summed E-state index contributed by atoms with van der Waals surface area (Å²) in [6.07, 6.45) is 1.31. The van der Waals surface area contributed by atoms with Crippen molar-refractivity contribution in [1.82, 2.24) is 14.5 Å². The summed E-state index contributed by atoms with van der Waals surface area (Å²) in [5.74, 6) is 0.426. The van der Waals surface area contributed by atoms with Gasteiger partial charge in [-0.1, -0.05) is 30.3 Å². The van der Waals surface area contributed by atoms with E-state index in [1.807, 2.05) is 43.3 Å². The largest absolute Gasteiger partial charge is 0.472 e. The van der Waals surface area contributed by atoms with E-state index >= 15 is 0 Å². The van der Waals surface area contributed by atoms with Crippen LogP contribution in [0.25, 0.3) is 10.8 Å². The Hall–Kier alpha value is -2.51. The lowest BCUT2D eigenvalue weighted by atomic mass is 10.1. The number of aryl methyl sites for hydroxylation is 1. The van der Waals surface area contributed by atoms with Gasteiger partial charge in [-0.3, -0.25) is 0 Å². The maximum Gasteiger partial charge on any atom is 0.243 e. The molecule has 1 fully saturated rings. The first kappa shape index (κ1) is 17.9. The third-order valence-electron chi connectivity index (χ3n) is 4.76. The molecule has 4 rings (SSSR count). The molecule has 1 atom stereocenters. The van der Waals surface area contributed by atoms with Crippen LogP contribution in [0.2, 0.25) is 0 Å². The van der Waals surface area contributed by atoms with Gasteiger partial charge in [0, 0.05) is 12.6 Å². The molecule has 7 heteroatoms. The Labute approximate surface area is 158 Å². The van der Waals surface area contributed by atoms with Crippen LogP contribution in [0.5, 0.6) is 5.88 Å². The predicted molar refractivity (Wildman–Crippen MR) is 103 cm³/mol. The summed E-state index contributed by atoms with van der Waals surface area (Å²) in [5.41, 5.74) is 0.812. The number of piperidine rings is 1. The van der Waals surface area contributed by atoms with Gasteiger partial charge in [0.05, 0.1) is 17.1 Å². The Morgan fingerprint density at radius 1 is 1.04 bits per heavy atom. The van der Waals surface area contributed by atoms with Crippen molar-refractivity contribution >= 4 is 20.8 Å². The van der Waals surface area contributed by atoms with Crippen LogP contribution in [0.1, 0.15) is 18.5 Å². The van der Waals surface area contributed by atoms with Crippen molar-refractivity contribution in [3.05, 3.63) is 60.3 Å². The van der Waals surface area contributed by atoms with Gasteiger partial charge in [0.25, 0.3) is 0 Å². The van der Waals surface area contributed by atoms with Crippen LogP contribution < -0.4 is 4.74 Å². The van der Waals surface area contributed by atoms with Gasteiger partial charge in [0.1, 0.15) is 6.10 Å². The molecule has 1 aliphatic heterocycles. The number of aromatic nitrogens is 2. The molecule has 0 radical (unpaired) electrons. The smallest absolute Gasteiger partial charge is 0.243 e. The second-order valence-electron chi connectivity index (χ2n) is 6.77. The zero-order valence-electron chi connectivity index (χ0n) is 15.1. The van der Waals surface area contributed by atoms with E-state index in [0.717, 1.165) is 29.3 Å². The first-order chi connectivity index (χ1) is 13.0. The molecule has 0 amide bonds. The van der Waals surface area contributed by atoms with Crippen LogP contribution in [-0.2, 0) is 10.0 Å². The van der Waals surface area contributed by atoms with Crippen molar-refractivity contribution in [2.45, 2.75) is 30.8 Å². The first-order valence-corrected chi connectivity index (χ1v) is 10.4. The Bertz CT molecular complexity index is 1050. The lowest BCUT2D eigenvalue weighted by molar-refractivity contribution is 0.123. The number of benzene rings is 2. The molecule has 2 aromatic carbocycles. The summed E-state index contributed by atoms with van der Waals surface area (Å²) in [4.78, 5) is 0.317. The average molecular weight is 383 g/mol. The fourth-order valence-corrected chi connectivity index (χ4v) is 4.86. The van der Waals surface area contributed by atoms with E-state index in [1.54, 1.807) is 18.2 Å². The highest BCUT2D eigenvalue weighted by atomic mass is 32.2. The van der Waals surface area contributed by atoms with E-state index in [-0.39, 0.29) is 6.10 Å². The molecular weight excluding hydrogens is 362 g/mol. The Morgan fingerprint density at radius 3 is 2.63 bits per heavy atom. The molecule has 27 heavy (non-hydrogen) atoms. The highest BCUT2D eigenvalue weighted by Gasteiger charge is 2.31. The lowest BCUT2D eigenvalue weighted by Gasteiger charge is -2.31. The molecule has 0 spiro atoms. The number of fused-ring (bicyclic) bond motifs is 1. The first-order valence-electron chi connectivity index (χ1n) is 8.98. The molecule has 0 aliphatic carbocycles. The minimum atomic E-state index is -3.57. The fourth-order valence-electron chi connectivity index (χ4n) is 3.32. The minimum Gasteiger partial charge on any atom is -0.472 e. The Morgan fingerprint density at radius 2 is 1.85 bits per heavy atom. The molecule has 0 saturated carbocycles. The van der Waals surface area contributed by atoms with Crippen LogP contribution in [-0.4, -0.2) is 42.1 Å². The standard InChI is InChI=1S/C20H21N3O3S/c1-15-8-11-20(22-21-15)26-18-7-4-12-23(14-18)27(24,25)19-10-9-16-5-2-3-6-17(16)13-19/h2-3,5-6,8-11,13,18H,4,7,12,14H2,1H3. The topological polar surface area (TPSA) is 72.4 Å². The number of hydrogen-bond donors (Lipinski definition) is 0. The van der Waals surface area contributed by atoms with Gasteiger partial charge in [-0.25, -0.2) is 8.42 Å². The summed E-state index contributed by atoms with van der Waals surface area (Å²) in [5, 5.41) is 9.93. The van der Waals surface area contributed by atoms with Gasteiger partial charge < -0.3 is 4.74 Å². The maximum atomic E-state index is 13.1. The SMILES string of the molecule is Cc1ccc(OC2CCCN(S(=O)(=O)c3ccc4ccccc4c3)C2)nn1. The van der Waals surface area contributed by atoms with Gasteiger partial charge in [-0.2, -0.15) is 9.40 Å². The van der Waals surface area contributed by atoms with Gasteiger partial charge in [-0.05, 0) is 48.7 Å². The second-order valence-corrected chi connectivity index (χ2v) is 8.70. The molecule has 0 bridgehead atoms. The van der Waals surface area contributed by atoms with Crippen molar-refractivity contribution in [1.29, 1.82) is 0 Å². The Kier molecular flexibility index (Phi) is 4.80. The highest BCUT2D eigenvalue weighted by molar-refractivity contribution is 7.89. The van der Waals surface area contributed by atoms with Crippen LogP contribution >= 0.6 is 0 Å². The van der Waals surface area contributed by atoms with Crippen LogP contribution in [0, 0.1) is 6.92 Å². The van der Waals surface area contributed by atoms with Crippen LogP contribution in [0.3, 0.4) is 0 Å². The average Bonchev–Trinajstić information content (AvgIpc) is 2.69. The van der Waals surface area contributed by atoms with Gasteiger partial charge in [-0.15, -0.1) is 5.10 Å². The number of nitrogens with zero attached hydrogens (tertiary/aromatic N) is 3. The van der Waals surface area contributed by atoms with E-state index < -0.39 is 10.0 Å². The quantitative estimate of drug-likeness (QED) is 0.692. The van der Waals surface area contributed by atoms with Crippen molar-refractivity contribution in [3.63, 3.8) is 0 Å². The van der Waals surface area contributed by atoms with Gasteiger partial charge in [0.2, 0.25) is 15.9 Å². The van der Waals surface area contributed by atoms with E-state index in [0.29, 0.717) is 23.9 Å². The molecule has 1 unspecified atom stereocenters. The predicted octanol–water partition coefficient (Wildman–Crippen LogP) is 3.17. The third kappa shape index (κ3) is 3.79. The molecular formula is C20H21N3O3S. The van der Waals surface area contributed by atoms with E-state index in [9.17, 15) is 8.42 Å². The van der Waals surface area contributed by atoms with E-state index in [4.69, 9.17) is 4.74 Å². The van der Waals surface area contributed by atoms with Crippen molar-refractivity contribution < 1.29 is 13.2 Å². The highest BCUT2D eigenvalue weighted by Crippen LogP contribution is 2.25. The molecule has 1 aromatic heterocycles. The number of rotatable bonds is 4. The summed E-state index contributed by atoms with van der Waals surface area (Å²) >= 11 is 0. The summed E-state index contributed by atoms with van der Waals surface area (Å²) in [6, 6.07) is 16.6. The number of ether oxygens (including phenoxy) is 1. The minimum absolute atomic E-state index is 0.231. The molecule has 6 nitrogen and oxygen atoms in total. The molecule has 140 valence electrons. The molecule has 1 aliphatic rings. The summed E-state index contributed by atoms with van der Waals surface area (Å²) < 4.78 is 33.6. The van der Waals surface area contributed by atoms with Gasteiger partial charge >= 0.3 is 0 Å². The Balaban J connectivity index is 1.54. The van der Waals surface area contributed by atoms with Crippen molar-refractivity contribution in [2.24, 2.45) is 0 Å². The monoisotopic (exact) mass is 383 g/mol. The summed E-state index contributed by atoms with van der Waals surface area (Å²) in [6.45, 7) is 2.66. The molecule has 1 saturated heterocycles. The van der Waals surface area contributed by atoms with Crippen molar-refractivity contribution in [2.75, 3.05) is 13.1 Å². The molecule has 2 heterocycles. The number of hydrogen-bond acceptors (Lipinski definition) is 5. The molecule has 0 N–H and O–H groups in total. The van der Waals surface area contributed by atoms with E-state index in [2.05, 4.69) is 10.2 Å². The third-order valence-corrected chi connectivity index (χ3v) is 6.62. The summed E-state index contributed by atoms with van der Waals surface area (Å²) in [7, 11) is -3.57. The van der Waals surface area contributed by atoms with Crippen LogP contribution in [0.15, 0.2) is 59.5 Å². The zero-order valence-corrected chi connectivity index (χ0v) is 15.9. The van der Waals surface area contributed by atoms with Gasteiger partial charge in [0.15, 0.2) is 0 Å². The van der Waals surface area contributed by atoms with Crippen molar-refractivity contribution in [3.8, 4) is 5.88 Å². The van der Waals surface area contributed by atoms with Crippen LogP contribution in [0.4, 0.5) is 0 Å². The van der Waals surface area contributed by atoms with E-state index in [1.165, 1.54) is 4.31 Å². The maximum absolute atomic E-state index is 13.1. The number of sulfonamides is 1. The molecule has 3 aromatic rings.